The summed E-state index contributed by atoms with van der Waals surface area (Å²) in [4.78, 5) is 27.2. The molecule has 1 saturated heterocycles. The Morgan fingerprint density at radius 2 is 1.86 bits per heavy atom. The van der Waals surface area contributed by atoms with E-state index in [2.05, 4.69) is 21.2 Å². The number of piperazine rings is 1. The van der Waals surface area contributed by atoms with Crippen molar-refractivity contribution in [1.82, 2.24) is 4.90 Å². The molecule has 1 atom stereocenters. The third-order valence-electron chi connectivity index (χ3n) is 4.93. The predicted molar refractivity (Wildman–Crippen MR) is 106 cm³/mol. The first-order chi connectivity index (χ1) is 13.5. The van der Waals surface area contributed by atoms with Gasteiger partial charge in [-0.05, 0) is 37.3 Å². The summed E-state index contributed by atoms with van der Waals surface area (Å²) in [5.74, 6) is -0.112. The Labute approximate surface area is 163 Å². The molecule has 1 aliphatic heterocycles. The summed E-state index contributed by atoms with van der Waals surface area (Å²) in [5, 5.41) is 22.6. The summed E-state index contributed by atoms with van der Waals surface area (Å²) in [5.41, 5.74) is 2.13. The zero-order valence-corrected chi connectivity index (χ0v) is 15.5. The average Bonchev–Trinajstić information content (AvgIpc) is 2.73. The second-order valence-electron chi connectivity index (χ2n) is 6.65. The van der Waals surface area contributed by atoms with Crippen LogP contribution >= 0.6 is 0 Å². The number of benzene rings is 2. The van der Waals surface area contributed by atoms with Crippen molar-refractivity contribution in [2.75, 3.05) is 36.4 Å². The molecule has 2 aromatic carbocycles. The van der Waals surface area contributed by atoms with E-state index in [9.17, 15) is 14.9 Å². The van der Waals surface area contributed by atoms with Gasteiger partial charge in [0.1, 0.15) is 0 Å². The monoisotopic (exact) mass is 379 g/mol. The summed E-state index contributed by atoms with van der Waals surface area (Å²) in [6, 6.07) is 15.1. The standard InChI is InChI=1S/C20H21N5O3/c1-15(20(26)22-17-4-2-3-16(13-17)14-21)23-9-11-24(12-10-23)18-5-7-19(8-6-18)25(27)28/h2-8,13,15H,9-12H2,1H3,(H,22,26). The maximum absolute atomic E-state index is 12.6. The lowest BCUT2D eigenvalue weighted by Crippen LogP contribution is -2.52. The number of nitro benzene ring substituents is 1. The van der Waals surface area contributed by atoms with Crippen LogP contribution in [0.5, 0.6) is 0 Å². The Hall–Kier alpha value is -3.44. The summed E-state index contributed by atoms with van der Waals surface area (Å²) in [6.07, 6.45) is 0. The molecule has 1 unspecified atom stereocenters. The predicted octanol–water partition coefficient (Wildman–Crippen LogP) is 2.62. The molecule has 0 saturated carbocycles. The third kappa shape index (κ3) is 4.45. The van der Waals surface area contributed by atoms with Gasteiger partial charge >= 0.3 is 0 Å². The third-order valence-corrected chi connectivity index (χ3v) is 4.93. The molecular formula is C20H21N5O3. The van der Waals surface area contributed by atoms with Crippen LogP contribution in [-0.4, -0.2) is 48.0 Å². The lowest BCUT2D eigenvalue weighted by Gasteiger charge is -2.38. The lowest BCUT2D eigenvalue weighted by atomic mass is 10.1. The number of hydrogen-bond acceptors (Lipinski definition) is 6. The highest BCUT2D eigenvalue weighted by Gasteiger charge is 2.26. The minimum Gasteiger partial charge on any atom is -0.369 e. The van der Waals surface area contributed by atoms with E-state index in [1.54, 1.807) is 36.4 Å². The smallest absolute Gasteiger partial charge is 0.269 e. The quantitative estimate of drug-likeness (QED) is 0.633. The molecule has 1 N–H and O–H groups in total. The van der Waals surface area contributed by atoms with E-state index in [0.717, 1.165) is 18.8 Å². The van der Waals surface area contributed by atoms with Crippen LogP contribution in [0.1, 0.15) is 12.5 Å². The van der Waals surface area contributed by atoms with E-state index in [1.807, 2.05) is 6.92 Å². The van der Waals surface area contributed by atoms with Gasteiger partial charge in [-0.3, -0.25) is 19.8 Å². The first kappa shape index (κ1) is 19.3. The molecule has 3 rings (SSSR count). The molecule has 0 aromatic heterocycles. The number of nitrogens with zero attached hydrogens (tertiary/aromatic N) is 4. The molecule has 28 heavy (non-hydrogen) atoms. The summed E-state index contributed by atoms with van der Waals surface area (Å²) in [6.45, 7) is 4.76. The number of nitriles is 1. The van der Waals surface area contributed by atoms with E-state index in [-0.39, 0.29) is 17.6 Å². The van der Waals surface area contributed by atoms with Crippen molar-refractivity contribution in [2.45, 2.75) is 13.0 Å². The number of hydrogen-bond donors (Lipinski definition) is 1. The fraction of sp³-hybridized carbons (Fsp3) is 0.300. The highest BCUT2D eigenvalue weighted by atomic mass is 16.6. The Morgan fingerprint density at radius 1 is 1.18 bits per heavy atom. The topological polar surface area (TPSA) is 103 Å². The van der Waals surface area contributed by atoms with Gasteiger partial charge in [-0.15, -0.1) is 0 Å². The van der Waals surface area contributed by atoms with E-state index < -0.39 is 4.92 Å². The van der Waals surface area contributed by atoms with Gasteiger partial charge in [-0.2, -0.15) is 5.26 Å². The number of rotatable bonds is 5. The van der Waals surface area contributed by atoms with Gasteiger partial charge in [0, 0.05) is 49.7 Å². The van der Waals surface area contributed by atoms with Crippen molar-refractivity contribution in [3.05, 3.63) is 64.2 Å². The summed E-state index contributed by atoms with van der Waals surface area (Å²) in [7, 11) is 0. The van der Waals surface area contributed by atoms with E-state index in [1.165, 1.54) is 12.1 Å². The molecule has 1 amide bonds. The largest absolute Gasteiger partial charge is 0.369 e. The Bertz CT molecular complexity index is 899. The molecule has 1 fully saturated rings. The number of anilines is 2. The second-order valence-corrected chi connectivity index (χ2v) is 6.65. The van der Waals surface area contributed by atoms with E-state index in [0.29, 0.717) is 24.3 Å². The van der Waals surface area contributed by atoms with Gasteiger partial charge in [-0.1, -0.05) is 6.07 Å². The number of amides is 1. The number of carbonyl (C=O) groups is 1. The van der Waals surface area contributed by atoms with Crippen LogP contribution in [0.3, 0.4) is 0 Å². The Kier molecular flexibility index (Phi) is 5.87. The zero-order valence-electron chi connectivity index (χ0n) is 15.5. The molecule has 2 aromatic rings. The molecule has 144 valence electrons. The molecule has 0 aliphatic carbocycles. The van der Waals surface area contributed by atoms with E-state index >= 15 is 0 Å². The zero-order chi connectivity index (χ0) is 20.1. The summed E-state index contributed by atoms with van der Waals surface area (Å²) >= 11 is 0. The molecule has 8 heteroatoms. The van der Waals surface area contributed by atoms with Crippen LogP contribution in [0, 0.1) is 21.4 Å². The lowest BCUT2D eigenvalue weighted by molar-refractivity contribution is -0.384. The van der Waals surface area contributed by atoms with Crippen LogP contribution in [-0.2, 0) is 4.79 Å². The fourth-order valence-corrected chi connectivity index (χ4v) is 3.23. The molecule has 1 aliphatic rings. The number of carbonyl (C=O) groups excluding carboxylic acids is 1. The first-order valence-electron chi connectivity index (χ1n) is 9.02. The van der Waals surface area contributed by atoms with E-state index in [4.69, 9.17) is 5.26 Å². The Morgan fingerprint density at radius 3 is 2.46 bits per heavy atom. The minimum absolute atomic E-state index is 0.0770. The van der Waals surface area contributed by atoms with Gasteiger partial charge in [0.15, 0.2) is 0 Å². The van der Waals surface area contributed by atoms with Crippen molar-refractivity contribution in [3.8, 4) is 6.07 Å². The van der Waals surface area contributed by atoms with Crippen molar-refractivity contribution >= 4 is 23.0 Å². The van der Waals surface area contributed by atoms with Crippen LogP contribution in [0.15, 0.2) is 48.5 Å². The Balaban J connectivity index is 1.55. The van der Waals surface area contributed by atoms with Gasteiger partial charge in [0.25, 0.3) is 5.69 Å². The van der Waals surface area contributed by atoms with Crippen LogP contribution < -0.4 is 10.2 Å². The van der Waals surface area contributed by atoms with Gasteiger partial charge in [0.2, 0.25) is 5.91 Å². The van der Waals surface area contributed by atoms with Crippen LogP contribution in [0.4, 0.5) is 17.1 Å². The van der Waals surface area contributed by atoms with Crippen molar-refractivity contribution < 1.29 is 9.72 Å². The first-order valence-corrected chi connectivity index (χ1v) is 9.02. The molecule has 0 bridgehead atoms. The average molecular weight is 379 g/mol. The number of nitro groups is 1. The van der Waals surface area contributed by atoms with Crippen molar-refractivity contribution in [3.63, 3.8) is 0 Å². The maximum atomic E-state index is 12.6. The highest BCUT2D eigenvalue weighted by Crippen LogP contribution is 2.21. The second kappa shape index (κ2) is 8.50. The highest BCUT2D eigenvalue weighted by molar-refractivity contribution is 5.94. The number of non-ortho nitro benzene ring substituents is 1. The maximum Gasteiger partial charge on any atom is 0.269 e. The van der Waals surface area contributed by atoms with Gasteiger partial charge in [-0.25, -0.2) is 0 Å². The fourth-order valence-electron chi connectivity index (χ4n) is 3.23. The molecule has 0 radical (unpaired) electrons. The van der Waals surface area contributed by atoms with Crippen LogP contribution in [0.25, 0.3) is 0 Å². The normalized spacial score (nSPS) is 15.5. The molecular weight excluding hydrogens is 358 g/mol. The number of nitrogens with one attached hydrogen (secondary N) is 1. The SMILES string of the molecule is CC(C(=O)Nc1cccc(C#N)c1)N1CCN(c2ccc([N+](=O)[O-])cc2)CC1. The van der Waals surface area contributed by atoms with Crippen molar-refractivity contribution in [1.29, 1.82) is 5.26 Å². The summed E-state index contributed by atoms with van der Waals surface area (Å²) < 4.78 is 0. The van der Waals surface area contributed by atoms with Gasteiger partial charge < -0.3 is 10.2 Å². The van der Waals surface area contributed by atoms with Crippen LogP contribution in [0.2, 0.25) is 0 Å². The molecule has 0 spiro atoms. The molecule has 1 heterocycles. The van der Waals surface area contributed by atoms with Crippen molar-refractivity contribution in [2.24, 2.45) is 0 Å². The molecule has 8 nitrogen and oxygen atoms in total. The minimum atomic E-state index is -0.408. The van der Waals surface area contributed by atoms with Gasteiger partial charge in [0.05, 0.1) is 22.6 Å².